The van der Waals surface area contributed by atoms with Gasteiger partial charge in [0.25, 0.3) is 0 Å². The lowest BCUT2D eigenvalue weighted by molar-refractivity contribution is -0.129. The number of amides is 1. The highest BCUT2D eigenvalue weighted by Gasteiger charge is 2.50. The highest BCUT2D eigenvalue weighted by atomic mass is 16.5. The SMILES string of the molecule is O=C1N(c2cccnc2)CC[C@]12CCCN([C@H]1CCOC1)C2. The van der Waals surface area contributed by atoms with E-state index in [9.17, 15) is 4.79 Å². The van der Waals surface area contributed by atoms with Crippen molar-refractivity contribution in [1.82, 2.24) is 9.88 Å². The van der Waals surface area contributed by atoms with Gasteiger partial charge in [-0.05, 0) is 44.4 Å². The molecule has 118 valence electrons. The molecule has 1 amide bonds. The lowest BCUT2D eigenvalue weighted by atomic mass is 9.78. The number of rotatable bonds is 2. The number of likely N-dealkylation sites (tertiary alicyclic amines) is 1. The first-order chi connectivity index (χ1) is 10.8. The third kappa shape index (κ3) is 2.32. The van der Waals surface area contributed by atoms with Gasteiger partial charge in [0.1, 0.15) is 0 Å². The molecule has 3 aliphatic rings. The number of carbonyl (C=O) groups is 1. The molecule has 5 heteroatoms. The van der Waals surface area contributed by atoms with Crippen molar-refractivity contribution in [2.24, 2.45) is 5.41 Å². The summed E-state index contributed by atoms with van der Waals surface area (Å²) in [6.45, 7) is 4.52. The summed E-state index contributed by atoms with van der Waals surface area (Å²) in [6, 6.07) is 4.39. The van der Waals surface area contributed by atoms with Crippen LogP contribution in [-0.2, 0) is 9.53 Å². The number of carbonyl (C=O) groups excluding carboxylic acids is 1. The predicted molar refractivity (Wildman–Crippen MR) is 83.7 cm³/mol. The smallest absolute Gasteiger partial charge is 0.234 e. The molecule has 0 saturated carbocycles. The second-order valence-electron chi connectivity index (χ2n) is 6.79. The van der Waals surface area contributed by atoms with Crippen LogP contribution in [0.5, 0.6) is 0 Å². The molecular formula is C17H23N3O2. The van der Waals surface area contributed by atoms with Crippen molar-refractivity contribution >= 4 is 11.6 Å². The molecule has 0 radical (unpaired) electrons. The topological polar surface area (TPSA) is 45.7 Å². The molecule has 1 aromatic heterocycles. The van der Waals surface area contributed by atoms with E-state index in [1.165, 1.54) is 0 Å². The summed E-state index contributed by atoms with van der Waals surface area (Å²) in [5.41, 5.74) is 0.752. The zero-order chi connectivity index (χ0) is 15.0. The standard InChI is InChI=1S/C17H23N3O2/c21-16-17(6-9-20(16)14-3-1-7-18-11-14)5-2-8-19(13-17)15-4-10-22-12-15/h1,3,7,11,15H,2,4-6,8-10,12-13H2/t15-,17-/m0/s1. The highest BCUT2D eigenvalue weighted by molar-refractivity contribution is 6.00. The Morgan fingerprint density at radius 2 is 2.27 bits per heavy atom. The summed E-state index contributed by atoms with van der Waals surface area (Å²) in [5.74, 6) is 0.295. The Hall–Kier alpha value is -1.46. The first-order valence-corrected chi connectivity index (χ1v) is 8.32. The first kappa shape index (κ1) is 14.2. The fourth-order valence-electron chi connectivity index (χ4n) is 4.25. The lowest BCUT2D eigenvalue weighted by Gasteiger charge is -2.41. The van der Waals surface area contributed by atoms with Crippen LogP contribution in [0.25, 0.3) is 0 Å². The molecule has 0 N–H and O–H groups in total. The summed E-state index contributed by atoms with van der Waals surface area (Å²) in [7, 11) is 0. The maximum absolute atomic E-state index is 13.1. The van der Waals surface area contributed by atoms with Crippen molar-refractivity contribution in [3.05, 3.63) is 24.5 Å². The summed E-state index contributed by atoms with van der Waals surface area (Å²) >= 11 is 0. The maximum Gasteiger partial charge on any atom is 0.234 e. The Morgan fingerprint density at radius 1 is 1.32 bits per heavy atom. The predicted octanol–water partition coefficient (Wildman–Crippen LogP) is 1.69. The van der Waals surface area contributed by atoms with E-state index in [0.29, 0.717) is 11.9 Å². The number of hydrogen-bond acceptors (Lipinski definition) is 4. The maximum atomic E-state index is 13.1. The van der Waals surface area contributed by atoms with E-state index >= 15 is 0 Å². The minimum absolute atomic E-state index is 0.184. The molecule has 1 aromatic rings. The zero-order valence-corrected chi connectivity index (χ0v) is 12.9. The Labute approximate surface area is 131 Å². The zero-order valence-electron chi connectivity index (χ0n) is 12.9. The van der Waals surface area contributed by atoms with Gasteiger partial charge in [-0.3, -0.25) is 14.7 Å². The third-order valence-corrected chi connectivity index (χ3v) is 5.50. The largest absolute Gasteiger partial charge is 0.380 e. The van der Waals surface area contributed by atoms with Gasteiger partial charge in [0.15, 0.2) is 0 Å². The van der Waals surface area contributed by atoms with Gasteiger partial charge in [0.2, 0.25) is 5.91 Å². The minimum atomic E-state index is -0.184. The Morgan fingerprint density at radius 3 is 3.05 bits per heavy atom. The molecule has 4 rings (SSSR count). The second-order valence-corrected chi connectivity index (χ2v) is 6.79. The summed E-state index contributed by atoms with van der Waals surface area (Å²) in [5, 5.41) is 0. The number of nitrogens with zero attached hydrogens (tertiary/aromatic N) is 3. The van der Waals surface area contributed by atoms with Crippen LogP contribution >= 0.6 is 0 Å². The van der Waals surface area contributed by atoms with Gasteiger partial charge in [0.05, 0.1) is 23.9 Å². The normalized spacial score (nSPS) is 33.0. The number of hydrogen-bond donors (Lipinski definition) is 0. The fourth-order valence-corrected chi connectivity index (χ4v) is 4.25. The molecule has 0 aromatic carbocycles. The van der Waals surface area contributed by atoms with E-state index in [2.05, 4.69) is 9.88 Å². The molecule has 3 aliphatic heterocycles. The number of anilines is 1. The molecule has 3 saturated heterocycles. The number of aromatic nitrogens is 1. The van der Waals surface area contributed by atoms with Gasteiger partial charge in [-0.25, -0.2) is 0 Å². The lowest BCUT2D eigenvalue weighted by Crippen LogP contribution is -2.51. The summed E-state index contributed by atoms with van der Waals surface area (Å²) < 4.78 is 5.53. The van der Waals surface area contributed by atoms with Gasteiger partial charge < -0.3 is 9.64 Å². The average molecular weight is 301 g/mol. The third-order valence-electron chi connectivity index (χ3n) is 5.50. The molecule has 2 atom stereocenters. The van der Waals surface area contributed by atoms with Crippen LogP contribution in [0.3, 0.4) is 0 Å². The van der Waals surface area contributed by atoms with E-state index < -0.39 is 0 Å². The second kappa shape index (κ2) is 5.63. The van der Waals surface area contributed by atoms with Crippen LogP contribution in [0.1, 0.15) is 25.7 Å². The van der Waals surface area contributed by atoms with E-state index in [1.54, 1.807) is 12.4 Å². The molecule has 0 bridgehead atoms. The molecule has 3 fully saturated rings. The minimum Gasteiger partial charge on any atom is -0.380 e. The van der Waals surface area contributed by atoms with Crippen molar-refractivity contribution in [3.8, 4) is 0 Å². The van der Waals surface area contributed by atoms with E-state index in [0.717, 1.165) is 64.2 Å². The van der Waals surface area contributed by atoms with Crippen molar-refractivity contribution in [2.75, 3.05) is 37.7 Å². The van der Waals surface area contributed by atoms with E-state index in [4.69, 9.17) is 4.74 Å². The van der Waals surface area contributed by atoms with Crippen LogP contribution in [0.4, 0.5) is 5.69 Å². The first-order valence-electron chi connectivity index (χ1n) is 8.32. The molecule has 5 nitrogen and oxygen atoms in total. The van der Waals surface area contributed by atoms with Crippen molar-refractivity contribution in [3.63, 3.8) is 0 Å². The Balaban J connectivity index is 1.53. The van der Waals surface area contributed by atoms with Gasteiger partial charge in [-0.1, -0.05) is 0 Å². The van der Waals surface area contributed by atoms with Crippen LogP contribution in [0, 0.1) is 5.41 Å². The van der Waals surface area contributed by atoms with Gasteiger partial charge in [0, 0.05) is 31.9 Å². The van der Waals surface area contributed by atoms with Gasteiger partial charge in [-0.15, -0.1) is 0 Å². The Kier molecular flexibility index (Phi) is 3.62. The van der Waals surface area contributed by atoms with Crippen molar-refractivity contribution in [2.45, 2.75) is 31.7 Å². The van der Waals surface area contributed by atoms with Crippen LogP contribution in [-0.4, -0.2) is 54.7 Å². The quantitative estimate of drug-likeness (QED) is 0.834. The fraction of sp³-hybridized carbons (Fsp3) is 0.647. The monoisotopic (exact) mass is 301 g/mol. The molecule has 22 heavy (non-hydrogen) atoms. The van der Waals surface area contributed by atoms with E-state index in [1.807, 2.05) is 17.0 Å². The summed E-state index contributed by atoms with van der Waals surface area (Å²) in [6.07, 6.45) is 7.75. The number of pyridine rings is 1. The molecule has 1 spiro atoms. The molecule has 0 aliphatic carbocycles. The van der Waals surface area contributed by atoms with E-state index in [-0.39, 0.29) is 5.41 Å². The molecule has 0 unspecified atom stereocenters. The number of ether oxygens (including phenoxy) is 1. The van der Waals surface area contributed by atoms with Crippen LogP contribution < -0.4 is 4.90 Å². The average Bonchev–Trinajstić information content (AvgIpc) is 3.19. The summed E-state index contributed by atoms with van der Waals surface area (Å²) in [4.78, 5) is 21.7. The van der Waals surface area contributed by atoms with Gasteiger partial charge >= 0.3 is 0 Å². The van der Waals surface area contributed by atoms with Crippen LogP contribution in [0.15, 0.2) is 24.5 Å². The Bertz CT molecular complexity index is 544. The van der Waals surface area contributed by atoms with Crippen molar-refractivity contribution < 1.29 is 9.53 Å². The van der Waals surface area contributed by atoms with Gasteiger partial charge in [-0.2, -0.15) is 0 Å². The van der Waals surface area contributed by atoms with Crippen LogP contribution in [0.2, 0.25) is 0 Å². The van der Waals surface area contributed by atoms with Crippen molar-refractivity contribution in [1.29, 1.82) is 0 Å². The highest BCUT2D eigenvalue weighted by Crippen LogP contribution is 2.42. The molecule has 4 heterocycles. The molecular weight excluding hydrogens is 278 g/mol. The number of piperidine rings is 1.